The van der Waals surface area contributed by atoms with Gasteiger partial charge in [0.2, 0.25) is 0 Å². The van der Waals surface area contributed by atoms with Gasteiger partial charge in [0.05, 0.1) is 0 Å². The summed E-state index contributed by atoms with van der Waals surface area (Å²) in [5, 5.41) is 20.6. The number of hydrogen-bond acceptors (Lipinski definition) is 4. The number of carbonyl (C=O) groups is 2. The van der Waals surface area contributed by atoms with Crippen LogP contribution in [0.3, 0.4) is 0 Å². The Kier molecular flexibility index (Phi) is 55.4. The SMILES string of the molecule is CCCCCCCCCCCCCCCCCCCCCCC(=O)[O-].CCCCCCCCCCCCCCCCCCCCCCC(=O)[O-].[Fe+2]. The van der Waals surface area contributed by atoms with E-state index in [1.165, 1.54) is 231 Å². The van der Waals surface area contributed by atoms with E-state index in [4.69, 9.17) is 0 Å². The third-order valence-corrected chi connectivity index (χ3v) is 10.5. The molecule has 0 amide bonds. The smallest absolute Gasteiger partial charge is 0.550 e. The topological polar surface area (TPSA) is 80.3 Å². The molecule has 0 rings (SSSR count). The largest absolute Gasteiger partial charge is 2.00 e. The predicted molar refractivity (Wildman–Crippen MR) is 215 cm³/mol. The number of unbranched alkanes of at least 4 members (excludes halogenated alkanes) is 38. The van der Waals surface area contributed by atoms with E-state index in [2.05, 4.69) is 13.8 Å². The Morgan fingerprint density at radius 1 is 0.255 bits per heavy atom. The molecular weight excluding hydrogens is 672 g/mol. The molecule has 0 aliphatic carbocycles. The Morgan fingerprint density at radius 2 is 0.373 bits per heavy atom. The van der Waals surface area contributed by atoms with Crippen molar-refractivity contribution in [2.24, 2.45) is 0 Å². The van der Waals surface area contributed by atoms with Crippen LogP contribution in [0.1, 0.15) is 284 Å². The fraction of sp³-hybridized carbons (Fsp3) is 0.957. The van der Waals surface area contributed by atoms with Crippen LogP contribution < -0.4 is 10.2 Å². The summed E-state index contributed by atoms with van der Waals surface area (Å²) in [5.74, 6) is -1.80. The van der Waals surface area contributed by atoms with Crippen LogP contribution in [0.5, 0.6) is 0 Å². The molecule has 0 aromatic carbocycles. The van der Waals surface area contributed by atoms with Crippen molar-refractivity contribution in [1.29, 1.82) is 0 Å². The molecule has 0 aromatic heterocycles. The van der Waals surface area contributed by atoms with E-state index in [-0.39, 0.29) is 29.9 Å². The number of carboxylic acids is 2. The van der Waals surface area contributed by atoms with E-state index in [0.717, 1.165) is 25.7 Å². The Balaban J connectivity index is -0.000000886. The van der Waals surface area contributed by atoms with Gasteiger partial charge in [-0.3, -0.25) is 0 Å². The molecular formula is C46H90FeO4. The second-order valence-corrected chi connectivity index (χ2v) is 15.7. The summed E-state index contributed by atoms with van der Waals surface area (Å²) in [6, 6.07) is 0. The van der Waals surface area contributed by atoms with Crippen molar-refractivity contribution >= 4 is 11.9 Å². The van der Waals surface area contributed by atoms with Crippen LogP contribution in [0, 0.1) is 0 Å². The Bertz CT molecular complexity index is 587. The number of carbonyl (C=O) groups excluding carboxylic acids is 2. The van der Waals surface area contributed by atoms with Crippen molar-refractivity contribution in [3.63, 3.8) is 0 Å². The van der Waals surface area contributed by atoms with Crippen molar-refractivity contribution < 1.29 is 36.9 Å². The zero-order valence-corrected chi connectivity index (χ0v) is 35.8. The van der Waals surface area contributed by atoms with Gasteiger partial charge in [0, 0.05) is 11.9 Å². The monoisotopic (exact) mass is 763 g/mol. The molecule has 0 heterocycles. The second kappa shape index (κ2) is 51.6. The molecule has 0 atom stereocenters. The number of hydrogen-bond donors (Lipinski definition) is 0. The average molecular weight is 763 g/mol. The minimum atomic E-state index is -0.901. The van der Waals surface area contributed by atoms with Gasteiger partial charge in [0.25, 0.3) is 0 Å². The fourth-order valence-electron chi connectivity index (χ4n) is 7.05. The molecule has 306 valence electrons. The molecule has 0 radical (unpaired) electrons. The summed E-state index contributed by atoms with van der Waals surface area (Å²) in [5.41, 5.74) is 0. The maximum atomic E-state index is 10.3. The van der Waals surface area contributed by atoms with Crippen LogP contribution in [-0.4, -0.2) is 11.9 Å². The van der Waals surface area contributed by atoms with E-state index in [9.17, 15) is 19.8 Å². The Labute approximate surface area is 331 Å². The van der Waals surface area contributed by atoms with Gasteiger partial charge in [-0.2, -0.15) is 0 Å². The molecule has 0 aliphatic rings. The van der Waals surface area contributed by atoms with Gasteiger partial charge >= 0.3 is 17.1 Å². The van der Waals surface area contributed by atoms with Crippen molar-refractivity contribution in [1.82, 2.24) is 0 Å². The first kappa shape index (κ1) is 54.8. The molecule has 0 N–H and O–H groups in total. The molecule has 0 spiro atoms. The van der Waals surface area contributed by atoms with Crippen LogP contribution >= 0.6 is 0 Å². The van der Waals surface area contributed by atoms with Crippen LogP contribution in [0.15, 0.2) is 0 Å². The molecule has 0 aliphatic heterocycles. The molecule has 4 nitrogen and oxygen atoms in total. The third kappa shape index (κ3) is 59.0. The van der Waals surface area contributed by atoms with Gasteiger partial charge in [-0.05, 0) is 25.7 Å². The number of rotatable bonds is 42. The van der Waals surface area contributed by atoms with Crippen molar-refractivity contribution in [3.05, 3.63) is 0 Å². The molecule has 0 saturated heterocycles. The van der Waals surface area contributed by atoms with Crippen LogP contribution in [-0.2, 0) is 26.7 Å². The first-order valence-electron chi connectivity index (χ1n) is 22.9. The van der Waals surface area contributed by atoms with E-state index in [1.54, 1.807) is 0 Å². The maximum absolute atomic E-state index is 10.3. The molecule has 0 aromatic rings. The molecule has 0 bridgehead atoms. The molecule has 0 unspecified atom stereocenters. The maximum Gasteiger partial charge on any atom is 2.00 e. The zero-order chi connectivity index (χ0) is 36.9. The van der Waals surface area contributed by atoms with Gasteiger partial charge in [-0.15, -0.1) is 0 Å². The predicted octanol–water partition coefficient (Wildman–Crippen LogP) is 13.9. The standard InChI is InChI=1S/2C23H46O2.Fe/c2*1-2-3-4-5-6-7-8-9-10-11-12-13-14-15-16-17-18-19-20-21-22-23(24)25;/h2*2-22H2,1H3,(H,24,25);/q;;+2/p-2. The molecule has 0 saturated carbocycles. The third-order valence-electron chi connectivity index (χ3n) is 10.5. The van der Waals surface area contributed by atoms with Crippen molar-refractivity contribution in [3.8, 4) is 0 Å². The molecule has 51 heavy (non-hydrogen) atoms. The van der Waals surface area contributed by atoms with Crippen LogP contribution in [0.4, 0.5) is 0 Å². The first-order valence-corrected chi connectivity index (χ1v) is 22.9. The minimum absolute atomic E-state index is 0. The summed E-state index contributed by atoms with van der Waals surface area (Å²) in [7, 11) is 0. The fourth-order valence-corrected chi connectivity index (χ4v) is 7.05. The minimum Gasteiger partial charge on any atom is -0.550 e. The first-order chi connectivity index (χ1) is 24.5. The summed E-state index contributed by atoms with van der Waals surface area (Å²) in [4.78, 5) is 20.6. The van der Waals surface area contributed by atoms with E-state index in [1.807, 2.05) is 0 Å². The van der Waals surface area contributed by atoms with E-state index in [0.29, 0.717) is 0 Å². The van der Waals surface area contributed by atoms with Gasteiger partial charge in [-0.1, -0.05) is 258 Å². The Morgan fingerprint density at radius 3 is 0.490 bits per heavy atom. The van der Waals surface area contributed by atoms with E-state index >= 15 is 0 Å². The van der Waals surface area contributed by atoms with E-state index < -0.39 is 11.9 Å². The van der Waals surface area contributed by atoms with Crippen molar-refractivity contribution in [2.45, 2.75) is 284 Å². The van der Waals surface area contributed by atoms with Gasteiger partial charge in [0.1, 0.15) is 0 Å². The average Bonchev–Trinajstić information content (AvgIpc) is 3.10. The summed E-state index contributed by atoms with van der Waals surface area (Å²) >= 11 is 0. The van der Waals surface area contributed by atoms with Gasteiger partial charge in [0.15, 0.2) is 0 Å². The molecule has 5 heteroatoms. The van der Waals surface area contributed by atoms with Gasteiger partial charge in [-0.25, -0.2) is 0 Å². The second-order valence-electron chi connectivity index (χ2n) is 15.7. The van der Waals surface area contributed by atoms with Crippen LogP contribution in [0.2, 0.25) is 0 Å². The quantitative estimate of drug-likeness (QED) is 0.0458. The summed E-state index contributed by atoms with van der Waals surface area (Å²) < 4.78 is 0. The zero-order valence-electron chi connectivity index (χ0n) is 34.7. The Hall–Kier alpha value is -0.541. The molecule has 0 fully saturated rings. The normalized spacial score (nSPS) is 10.9. The van der Waals surface area contributed by atoms with Gasteiger partial charge < -0.3 is 19.8 Å². The van der Waals surface area contributed by atoms with Crippen molar-refractivity contribution in [2.75, 3.05) is 0 Å². The number of aliphatic carboxylic acids is 2. The summed E-state index contributed by atoms with van der Waals surface area (Å²) in [6.07, 6.45) is 54.4. The number of carboxylic acid groups (broad SMARTS) is 2. The summed E-state index contributed by atoms with van der Waals surface area (Å²) in [6.45, 7) is 4.57. The van der Waals surface area contributed by atoms with Crippen LogP contribution in [0.25, 0.3) is 0 Å².